The average Bonchev–Trinajstić information content (AvgIpc) is 4.03. The molecule has 0 atom stereocenters. The van der Waals surface area contributed by atoms with Gasteiger partial charge in [-0.15, -0.1) is 11.6 Å². The number of rotatable bonds is 18. The number of alkyl halides is 1. The molecule has 2 amide bonds. The second kappa shape index (κ2) is 42.7. The van der Waals surface area contributed by atoms with Gasteiger partial charge in [0.05, 0.1) is 18.7 Å². The topological polar surface area (TPSA) is 91.3 Å². The van der Waals surface area contributed by atoms with Gasteiger partial charge in [0.1, 0.15) is 13.2 Å². The van der Waals surface area contributed by atoms with Crippen LogP contribution in [0, 0.1) is 0 Å². The molecule has 0 aromatic heterocycles. The first kappa shape index (κ1) is 68.7. The van der Waals surface area contributed by atoms with Crippen LogP contribution in [-0.4, -0.2) is 122 Å². The number of amides is 2. The minimum Gasteiger partial charge on any atom is -0.796 e. The fourth-order valence-corrected chi connectivity index (χ4v) is 12.5. The van der Waals surface area contributed by atoms with E-state index in [1.54, 1.807) is 29.9 Å². The Kier molecular flexibility index (Phi) is 40.2. The van der Waals surface area contributed by atoms with E-state index in [1.165, 1.54) is 52.3 Å². The first-order chi connectivity index (χ1) is 34.6. The van der Waals surface area contributed by atoms with Gasteiger partial charge in [-0.05, 0) is 82.5 Å². The van der Waals surface area contributed by atoms with E-state index in [2.05, 4.69) is 187 Å². The summed E-state index contributed by atoms with van der Waals surface area (Å²) in [7, 11) is 0.606. The molecule has 2 aliphatic rings. The van der Waals surface area contributed by atoms with Gasteiger partial charge in [-0.2, -0.15) is 18.0 Å². The van der Waals surface area contributed by atoms with E-state index in [0.717, 1.165) is 32.2 Å². The molecule has 0 spiro atoms. The molecule has 2 fully saturated rings. The number of nitrogens with one attached hydrogen (secondary N) is 1. The third kappa shape index (κ3) is 29.7. The van der Waals surface area contributed by atoms with Crippen molar-refractivity contribution in [2.45, 2.75) is 32.8 Å². The predicted octanol–water partition coefficient (Wildman–Crippen LogP) is 4.24. The summed E-state index contributed by atoms with van der Waals surface area (Å²) < 4.78 is 9.65. The van der Waals surface area contributed by atoms with Gasteiger partial charge in [-0.1, -0.05) is 189 Å². The summed E-state index contributed by atoms with van der Waals surface area (Å²) in [4.78, 5) is 25.6. The first-order valence-electron chi connectivity index (χ1n) is 23.9. The number of ether oxygens (including phenoxy) is 2. The number of carbonyl (C=O) groups is 2. The van der Waals surface area contributed by atoms with Crippen LogP contribution in [0.5, 0.6) is 0 Å². The molecule has 2 saturated heterocycles. The van der Waals surface area contributed by atoms with Gasteiger partial charge in [-0.25, -0.2) is 20.2 Å². The molecular formula is C57H73ClLiN3NaO5P3S2. The van der Waals surface area contributed by atoms with E-state index in [4.69, 9.17) is 21.4 Å². The second-order valence-corrected chi connectivity index (χ2v) is 23.5. The SMILES string of the molecule is CCC(C)(C)O.CSCCNCCP(c1ccccc1)c1ccccc1.C[S-].O=C1OCCN1CCCl.O=C1OCCN1CCP(c1ccccc1)c1ccccc1.[Li+].[Na+].c1ccc([P-]c2ccccc2)cc1. The molecule has 6 aromatic rings. The molecule has 6 aromatic carbocycles. The van der Waals surface area contributed by atoms with Gasteiger partial charge in [0, 0.05) is 31.3 Å². The van der Waals surface area contributed by atoms with Crippen LogP contribution in [-0.2, 0) is 22.1 Å². The van der Waals surface area contributed by atoms with Crippen LogP contribution in [0.1, 0.15) is 27.2 Å². The number of aliphatic hydroxyl groups is 1. The van der Waals surface area contributed by atoms with Crippen LogP contribution >= 0.6 is 47.8 Å². The van der Waals surface area contributed by atoms with Crippen LogP contribution < -0.4 is 85.6 Å². The summed E-state index contributed by atoms with van der Waals surface area (Å²) in [5, 5.41) is 20.7. The Labute approximate surface area is 491 Å². The van der Waals surface area contributed by atoms with Crippen molar-refractivity contribution in [3.63, 3.8) is 0 Å². The van der Waals surface area contributed by atoms with Crippen molar-refractivity contribution in [2.24, 2.45) is 0 Å². The summed E-state index contributed by atoms with van der Waals surface area (Å²) in [6.45, 7) is 11.5. The maximum absolute atomic E-state index is 11.6. The fourth-order valence-electron chi connectivity index (χ4n) is 6.47. The van der Waals surface area contributed by atoms with Crippen LogP contribution in [0.3, 0.4) is 0 Å². The van der Waals surface area contributed by atoms with Gasteiger partial charge in [0.2, 0.25) is 0 Å². The normalized spacial score (nSPS) is 12.2. The Morgan fingerprint density at radius 3 is 1.25 bits per heavy atom. The second-order valence-electron chi connectivity index (χ2n) is 16.2. The third-order valence-corrected chi connectivity index (χ3v) is 17.4. The predicted molar refractivity (Wildman–Crippen MR) is 315 cm³/mol. The number of nitrogens with zero attached hydrogens (tertiary/aromatic N) is 2. The summed E-state index contributed by atoms with van der Waals surface area (Å²) in [5.41, 5.74) is -0.458. The van der Waals surface area contributed by atoms with E-state index in [0.29, 0.717) is 38.7 Å². The monoisotopic (exact) mass is 1100 g/mol. The number of benzene rings is 6. The van der Waals surface area contributed by atoms with E-state index < -0.39 is 13.5 Å². The van der Waals surface area contributed by atoms with E-state index in [-0.39, 0.29) is 68.5 Å². The largest absolute Gasteiger partial charge is 1.00 e. The smallest absolute Gasteiger partial charge is 0.796 e. The molecule has 0 aliphatic carbocycles. The molecule has 73 heavy (non-hydrogen) atoms. The van der Waals surface area contributed by atoms with Crippen molar-refractivity contribution in [1.29, 1.82) is 0 Å². The summed E-state index contributed by atoms with van der Waals surface area (Å²) >= 11 is 11.4. The summed E-state index contributed by atoms with van der Waals surface area (Å²) in [6.07, 6.45) is 6.33. The van der Waals surface area contributed by atoms with Crippen LogP contribution in [0.4, 0.5) is 9.59 Å². The third-order valence-electron chi connectivity index (χ3n) is 10.5. The molecule has 0 radical (unpaired) electrons. The van der Waals surface area contributed by atoms with Crippen molar-refractivity contribution >= 4 is 104 Å². The number of halogens is 1. The minimum absolute atomic E-state index is 0. The van der Waals surface area contributed by atoms with Crippen molar-refractivity contribution in [3.05, 3.63) is 182 Å². The maximum Gasteiger partial charge on any atom is 1.00 e. The zero-order valence-electron chi connectivity index (χ0n) is 44.0. The quantitative estimate of drug-likeness (QED) is 0.0435. The van der Waals surface area contributed by atoms with Gasteiger partial charge in [0.15, 0.2) is 0 Å². The molecule has 8 rings (SSSR count). The number of cyclic esters (lactones) is 2. The van der Waals surface area contributed by atoms with Gasteiger partial charge >= 0.3 is 60.6 Å². The van der Waals surface area contributed by atoms with E-state index in [1.807, 2.05) is 43.0 Å². The first-order valence-corrected chi connectivity index (χ1v) is 30.6. The molecule has 2 heterocycles. The van der Waals surface area contributed by atoms with Gasteiger partial charge in [-0.3, -0.25) is 0 Å². The molecule has 0 bridgehead atoms. The van der Waals surface area contributed by atoms with Gasteiger partial charge in [0.25, 0.3) is 0 Å². The minimum atomic E-state index is -0.458. The zero-order valence-corrected chi connectivity index (χ0v) is 51.1. The van der Waals surface area contributed by atoms with Crippen molar-refractivity contribution in [3.8, 4) is 0 Å². The summed E-state index contributed by atoms with van der Waals surface area (Å²) in [5.74, 6) is 1.67. The summed E-state index contributed by atoms with van der Waals surface area (Å²) in [6, 6.07) is 64.0. The number of carbonyl (C=O) groups excluding carboxylic acids is 2. The average molecular weight is 1100 g/mol. The van der Waals surface area contributed by atoms with Crippen molar-refractivity contribution in [2.75, 3.05) is 89.0 Å². The molecular weight excluding hydrogens is 1030 g/mol. The fraction of sp³-hybridized carbons (Fsp3) is 0.333. The van der Waals surface area contributed by atoms with Gasteiger partial charge < -0.3 is 50.9 Å². The zero-order chi connectivity index (χ0) is 51.4. The molecule has 2 N–H and O–H groups in total. The van der Waals surface area contributed by atoms with Crippen molar-refractivity contribution < 1.29 is 72.6 Å². The Morgan fingerprint density at radius 1 is 0.616 bits per heavy atom. The molecule has 0 saturated carbocycles. The van der Waals surface area contributed by atoms with Crippen molar-refractivity contribution in [1.82, 2.24) is 15.1 Å². The van der Waals surface area contributed by atoms with E-state index >= 15 is 0 Å². The Bertz CT molecular complexity index is 2140. The molecule has 8 nitrogen and oxygen atoms in total. The Hall–Kier alpha value is -2.34. The van der Waals surface area contributed by atoms with E-state index in [9.17, 15) is 9.59 Å². The Balaban J connectivity index is 0.000000475. The molecule has 0 unspecified atom stereocenters. The standard InChI is InChI=1S/C17H18NO2P.C17H22NPS.C12H10P.C5H8ClNO2.C5H12O.CH4S.Li.Na/c19-17-18(11-13-20-17)12-14-21(15-7-3-1-4-8-15)16-9-5-2-6-10-16;1-20-15-13-18-12-14-19(16-8-4-2-5-9-16)17-10-6-3-7-11-17;1-3-7-11(8-4-1)13-12-9-5-2-6-10-12;6-1-2-7-3-4-9-5(7)8;1-4-5(2,3)6;1-2;;/h1-10H,11-14H2;2-11,18H,12-15H2,1H3;1-10H;1-4H2;6H,4H2,1-3H3;2H,1H3;;/q;;-1;;;;2*+1/p-1. The van der Waals surface area contributed by atoms with Crippen LogP contribution in [0.15, 0.2) is 182 Å². The maximum atomic E-state index is 11.6. The van der Waals surface area contributed by atoms with Crippen LogP contribution in [0.2, 0.25) is 0 Å². The molecule has 16 heteroatoms. The Morgan fingerprint density at radius 2 is 0.945 bits per heavy atom. The molecule has 2 aliphatic heterocycles. The van der Waals surface area contributed by atoms with Crippen LogP contribution in [0.25, 0.3) is 0 Å². The number of hydrogen-bond donors (Lipinski definition) is 2. The number of hydrogen-bond acceptors (Lipinski definition) is 8. The molecule has 382 valence electrons. The number of thioether (sulfide) groups is 1.